The average molecular weight is 275 g/mol. The zero-order valence-corrected chi connectivity index (χ0v) is 12.6. The molecule has 1 saturated heterocycles. The highest BCUT2D eigenvalue weighted by atomic mass is 16.3. The van der Waals surface area contributed by atoms with Gasteiger partial charge >= 0.3 is 0 Å². The summed E-state index contributed by atoms with van der Waals surface area (Å²) in [5.74, 6) is 0.238. The van der Waals surface area contributed by atoms with E-state index in [0.29, 0.717) is 19.5 Å². The highest BCUT2D eigenvalue weighted by molar-refractivity contribution is 5.76. The lowest BCUT2D eigenvalue weighted by molar-refractivity contribution is -0.133. The van der Waals surface area contributed by atoms with Crippen LogP contribution in [-0.4, -0.2) is 35.1 Å². The van der Waals surface area contributed by atoms with Crippen LogP contribution in [0.15, 0.2) is 18.2 Å². The van der Waals surface area contributed by atoms with Crippen molar-refractivity contribution in [1.29, 1.82) is 0 Å². The van der Waals surface area contributed by atoms with Gasteiger partial charge in [0.25, 0.3) is 0 Å². The molecule has 1 fully saturated rings. The standard InChI is InChI=1S/C17H25NO2/c1-13-6-7-15(14(2)12-13)4-3-5-17(20)18-10-8-16(19)9-11-18/h6-7,12,16,19H,3-5,8-11H2,1-2H3. The van der Waals surface area contributed by atoms with Gasteiger partial charge in [-0.05, 0) is 50.7 Å². The van der Waals surface area contributed by atoms with Crippen molar-refractivity contribution in [2.45, 2.75) is 52.1 Å². The van der Waals surface area contributed by atoms with E-state index in [9.17, 15) is 9.90 Å². The van der Waals surface area contributed by atoms with E-state index >= 15 is 0 Å². The van der Waals surface area contributed by atoms with Gasteiger partial charge in [0.05, 0.1) is 6.10 Å². The number of carbonyl (C=O) groups excluding carboxylic acids is 1. The zero-order chi connectivity index (χ0) is 14.5. The minimum atomic E-state index is -0.214. The number of hydrogen-bond donors (Lipinski definition) is 1. The molecule has 0 unspecified atom stereocenters. The molecule has 110 valence electrons. The SMILES string of the molecule is Cc1ccc(CCCC(=O)N2CCC(O)CC2)c(C)c1. The Kier molecular flexibility index (Phi) is 5.18. The second kappa shape index (κ2) is 6.89. The number of nitrogens with zero attached hydrogens (tertiary/aromatic N) is 1. The Bertz CT molecular complexity index is 462. The van der Waals surface area contributed by atoms with Crippen LogP contribution in [-0.2, 0) is 11.2 Å². The zero-order valence-electron chi connectivity index (χ0n) is 12.6. The lowest BCUT2D eigenvalue weighted by Gasteiger charge is -2.29. The molecule has 1 N–H and O–H groups in total. The normalized spacial score (nSPS) is 16.4. The maximum atomic E-state index is 12.1. The molecular weight excluding hydrogens is 250 g/mol. The summed E-state index contributed by atoms with van der Waals surface area (Å²) in [7, 11) is 0. The molecule has 1 aliphatic rings. The van der Waals surface area contributed by atoms with Crippen molar-refractivity contribution in [3.05, 3.63) is 34.9 Å². The Hall–Kier alpha value is -1.35. The first-order valence-electron chi connectivity index (χ1n) is 7.58. The molecule has 1 aromatic rings. The van der Waals surface area contributed by atoms with E-state index in [-0.39, 0.29) is 12.0 Å². The van der Waals surface area contributed by atoms with Crippen LogP contribution < -0.4 is 0 Å². The second-order valence-electron chi connectivity index (χ2n) is 5.90. The summed E-state index contributed by atoms with van der Waals surface area (Å²) in [5, 5.41) is 9.45. The average Bonchev–Trinajstić information content (AvgIpc) is 2.42. The van der Waals surface area contributed by atoms with E-state index in [1.807, 2.05) is 4.90 Å². The number of piperidine rings is 1. The van der Waals surface area contributed by atoms with Crippen LogP contribution in [0.25, 0.3) is 0 Å². The fourth-order valence-electron chi connectivity index (χ4n) is 2.83. The van der Waals surface area contributed by atoms with Crippen molar-refractivity contribution in [3.63, 3.8) is 0 Å². The van der Waals surface area contributed by atoms with Gasteiger partial charge in [0.15, 0.2) is 0 Å². The molecule has 0 saturated carbocycles. The third kappa shape index (κ3) is 4.07. The van der Waals surface area contributed by atoms with Gasteiger partial charge in [-0.3, -0.25) is 4.79 Å². The monoisotopic (exact) mass is 275 g/mol. The summed E-state index contributed by atoms with van der Waals surface area (Å²) in [6.45, 7) is 5.66. The van der Waals surface area contributed by atoms with Crippen LogP contribution in [0.5, 0.6) is 0 Å². The van der Waals surface area contributed by atoms with Crippen molar-refractivity contribution >= 4 is 5.91 Å². The number of amides is 1. The third-order valence-corrected chi connectivity index (χ3v) is 4.15. The Balaban J connectivity index is 1.76. The quantitative estimate of drug-likeness (QED) is 0.917. The van der Waals surface area contributed by atoms with Gasteiger partial charge < -0.3 is 10.0 Å². The van der Waals surface area contributed by atoms with E-state index < -0.39 is 0 Å². The number of aliphatic hydroxyl groups excluding tert-OH is 1. The van der Waals surface area contributed by atoms with Crippen LogP contribution in [0, 0.1) is 13.8 Å². The number of rotatable bonds is 4. The first kappa shape index (κ1) is 15.0. The highest BCUT2D eigenvalue weighted by Crippen LogP contribution is 2.15. The number of likely N-dealkylation sites (tertiary alicyclic amines) is 1. The molecule has 3 heteroatoms. The first-order valence-corrected chi connectivity index (χ1v) is 7.58. The van der Waals surface area contributed by atoms with Crippen LogP contribution in [0.1, 0.15) is 42.4 Å². The van der Waals surface area contributed by atoms with Crippen LogP contribution in [0.4, 0.5) is 0 Å². The summed E-state index contributed by atoms with van der Waals surface area (Å²) < 4.78 is 0. The number of hydrogen-bond acceptors (Lipinski definition) is 2. The van der Waals surface area contributed by atoms with Crippen molar-refractivity contribution in [3.8, 4) is 0 Å². The lowest BCUT2D eigenvalue weighted by Crippen LogP contribution is -2.39. The van der Waals surface area contributed by atoms with E-state index in [1.54, 1.807) is 0 Å². The Morgan fingerprint density at radius 1 is 1.30 bits per heavy atom. The minimum absolute atomic E-state index is 0.214. The molecule has 0 bridgehead atoms. The van der Waals surface area contributed by atoms with Gasteiger partial charge in [0.1, 0.15) is 0 Å². The van der Waals surface area contributed by atoms with Crippen LogP contribution in [0.2, 0.25) is 0 Å². The predicted molar refractivity (Wildman–Crippen MR) is 80.7 cm³/mol. The van der Waals surface area contributed by atoms with Crippen molar-refractivity contribution in [2.75, 3.05) is 13.1 Å². The molecule has 0 aliphatic carbocycles. The van der Waals surface area contributed by atoms with E-state index in [0.717, 1.165) is 25.7 Å². The van der Waals surface area contributed by atoms with Gasteiger partial charge in [-0.1, -0.05) is 23.8 Å². The third-order valence-electron chi connectivity index (χ3n) is 4.15. The predicted octanol–water partition coefficient (Wildman–Crippen LogP) is 2.61. The molecule has 0 aromatic heterocycles. The smallest absolute Gasteiger partial charge is 0.222 e. The molecule has 0 atom stereocenters. The maximum absolute atomic E-state index is 12.1. The molecule has 2 rings (SSSR count). The number of aryl methyl sites for hydroxylation is 3. The van der Waals surface area contributed by atoms with Crippen molar-refractivity contribution in [1.82, 2.24) is 4.90 Å². The van der Waals surface area contributed by atoms with Crippen LogP contribution >= 0.6 is 0 Å². The molecular formula is C17H25NO2. The fraction of sp³-hybridized carbons (Fsp3) is 0.588. The second-order valence-corrected chi connectivity index (χ2v) is 5.90. The van der Waals surface area contributed by atoms with Crippen molar-refractivity contribution < 1.29 is 9.90 Å². The summed E-state index contributed by atoms with van der Waals surface area (Å²) in [6, 6.07) is 6.51. The Morgan fingerprint density at radius 3 is 2.65 bits per heavy atom. The van der Waals surface area contributed by atoms with E-state index in [1.165, 1.54) is 16.7 Å². The minimum Gasteiger partial charge on any atom is -0.393 e. The molecule has 1 heterocycles. The van der Waals surface area contributed by atoms with Gasteiger partial charge in [-0.25, -0.2) is 0 Å². The van der Waals surface area contributed by atoms with Gasteiger partial charge in [0, 0.05) is 19.5 Å². The van der Waals surface area contributed by atoms with Gasteiger partial charge in [0.2, 0.25) is 5.91 Å². The molecule has 20 heavy (non-hydrogen) atoms. The molecule has 1 amide bonds. The Labute approximate surface area is 121 Å². The van der Waals surface area contributed by atoms with Crippen LogP contribution in [0.3, 0.4) is 0 Å². The first-order chi connectivity index (χ1) is 9.56. The summed E-state index contributed by atoms with van der Waals surface area (Å²) >= 11 is 0. The number of benzene rings is 1. The highest BCUT2D eigenvalue weighted by Gasteiger charge is 2.20. The van der Waals surface area contributed by atoms with E-state index in [2.05, 4.69) is 32.0 Å². The molecule has 1 aromatic carbocycles. The van der Waals surface area contributed by atoms with E-state index in [4.69, 9.17) is 0 Å². The Morgan fingerprint density at radius 2 is 2.00 bits per heavy atom. The molecule has 0 spiro atoms. The van der Waals surface area contributed by atoms with Crippen molar-refractivity contribution in [2.24, 2.45) is 0 Å². The fourth-order valence-corrected chi connectivity index (χ4v) is 2.83. The topological polar surface area (TPSA) is 40.5 Å². The summed E-state index contributed by atoms with van der Waals surface area (Å²) in [4.78, 5) is 14.0. The summed E-state index contributed by atoms with van der Waals surface area (Å²) in [5.41, 5.74) is 3.95. The molecule has 1 aliphatic heterocycles. The molecule has 3 nitrogen and oxygen atoms in total. The lowest BCUT2D eigenvalue weighted by atomic mass is 10.0. The summed E-state index contributed by atoms with van der Waals surface area (Å²) in [6.07, 6.45) is 3.72. The number of aliphatic hydroxyl groups is 1. The molecule has 0 radical (unpaired) electrons. The number of carbonyl (C=O) groups is 1. The van der Waals surface area contributed by atoms with Gasteiger partial charge in [-0.2, -0.15) is 0 Å². The van der Waals surface area contributed by atoms with Gasteiger partial charge in [-0.15, -0.1) is 0 Å². The maximum Gasteiger partial charge on any atom is 0.222 e. The largest absolute Gasteiger partial charge is 0.393 e.